The van der Waals surface area contributed by atoms with Gasteiger partial charge < -0.3 is 10.6 Å². The summed E-state index contributed by atoms with van der Waals surface area (Å²) in [6.45, 7) is 3.71. The summed E-state index contributed by atoms with van der Waals surface area (Å²) in [5.74, 6) is -0.140. The van der Waals surface area contributed by atoms with Crippen molar-refractivity contribution in [3.05, 3.63) is 59.7 Å². The number of Topliss-reactive ketones (excluding diaryl/α,β-unsaturated/α-hetero) is 1. The molecule has 0 radical (unpaired) electrons. The van der Waals surface area contributed by atoms with Gasteiger partial charge in [0.05, 0.1) is 5.41 Å². The van der Waals surface area contributed by atoms with Crippen molar-refractivity contribution in [2.45, 2.75) is 38.5 Å². The maximum Gasteiger partial charge on any atom is 0.234 e. The predicted octanol–water partition coefficient (Wildman–Crippen LogP) is 3.91. The molecule has 0 unspecified atom stereocenters. The van der Waals surface area contributed by atoms with Crippen molar-refractivity contribution in [3.63, 3.8) is 0 Å². The van der Waals surface area contributed by atoms with Crippen LogP contribution in [-0.2, 0) is 15.0 Å². The van der Waals surface area contributed by atoms with Crippen LogP contribution in [0, 0.1) is 0 Å². The number of hydrogen-bond donors (Lipinski definition) is 2. The SMILES string of the molecule is CC1(C)C(=O)Nc2ccc(NC(=O)CCCC(=O)c3ccccc3)cc21. The highest BCUT2D eigenvalue weighted by molar-refractivity contribution is 6.06. The Bertz CT molecular complexity index is 857. The summed E-state index contributed by atoms with van der Waals surface area (Å²) >= 11 is 0. The van der Waals surface area contributed by atoms with E-state index in [4.69, 9.17) is 0 Å². The minimum absolute atomic E-state index is 0.0438. The average Bonchev–Trinajstić information content (AvgIpc) is 2.85. The van der Waals surface area contributed by atoms with Gasteiger partial charge in [-0.05, 0) is 44.0 Å². The maximum absolute atomic E-state index is 12.2. The van der Waals surface area contributed by atoms with E-state index >= 15 is 0 Å². The van der Waals surface area contributed by atoms with Gasteiger partial charge in [0.15, 0.2) is 5.78 Å². The van der Waals surface area contributed by atoms with Crippen LogP contribution in [0.25, 0.3) is 0 Å². The van der Waals surface area contributed by atoms with E-state index in [0.29, 0.717) is 24.1 Å². The largest absolute Gasteiger partial charge is 0.326 e. The number of hydrogen-bond acceptors (Lipinski definition) is 3. The fourth-order valence-corrected chi connectivity index (χ4v) is 3.05. The van der Waals surface area contributed by atoms with Crippen LogP contribution in [0.1, 0.15) is 49.0 Å². The van der Waals surface area contributed by atoms with Crippen LogP contribution in [0.4, 0.5) is 11.4 Å². The first-order valence-corrected chi connectivity index (χ1v) is 8.72. The molecule has 0 saturated heterocycles. The van der Waals surface area contributed by atoms with Crippen molar-refractivity contribution < 1.29 is 14.4 Å². The lowest BCUT2D eigenvalue weighted by atomic mass is 9.86. The molecule has 134 valence electrons. The minimum atomic E-state index is -0.613. The Balaban J connectivity index is 1.54. The van der Waals surface area contributed by atoms with E-state index in [9.17, 15) is 14.4 Å². The van der Waals surface area contributed by atoms with Crippen LogP contribution in [-0.4, -0.2) is 17.6 Å². The molecule has 0 saturated carbocycles. The lowest BCUT2D eigenvalue weighted by Crippen LogP contribution is -2.26. The monoisotopic (exact) mass is 350 g/mol. The third-order valence-corrected chi connectivity index (χ3v) is 4.70. The first-order valence-electron chi connectivity index (χ1n) is 8.72. The Morgan fingerprint density at radius 3 is 2.50 bits per heavy atom. The fraction of sp³-hybridized carbons (Fsp3) is 0.286. The van der Waals surface area contributed by atoms with Crippen LogP contribution < -0.4 is 10.6 Å². The number of rotatable bonds is 6. The molecule has 2 amide bonds. The number of fused-ring (bicyclic) bond motifs is 1. The van der Waals surface area contributed by atoms with E-state index in [2.05, 4.69) is 10.6 Å². The molecular formula is C21H22N2O3. The number of carbonyl (C=O) groups is 3. The fourth-order valence-electron chi connectivity index (χ4n) is 3.05. The standard InChI is InChI=1S/C21H22N2O3/c1-21(2)16-13-15(11-12-17(16)23-20(21)26)22-19(25)10-6-9-18(24)14-7-4-3-5-8-14/h3-5,7-8,11-13H,6,9-10H2,1-2H3,(H,22,25)(H,23,26). The van der Waals surface area contributed by atoms with E-state index in [-0.39, 0.29) is 24.0 Å². The summed E-state index contributed by atoms with van der Waals surface area (Å²) in [7, 11) is 0. The van der Waals surface area contributed by atoms with Gasteiger partial charge in [0.2, 0.25) is 11.8 Å². The van der Waals surface area contributed by atoms with Crippen LogP contribution in [0.3, 0.4) is 0 Å². The molecule has 1 heterocycles. The molecule has 2 aromatic carbocycles. The van der Waals surface area contributed by atoms with Crippen LogP contribution >= 0.6 is 0 Å². The van der Waals surface area contributed by atoms with Crippen molar-refractivity contribution in [1.29, 1.82) is 0 Å². The summed E-state index contributed by atoms with van der Waals surface area (Å²) in [5.41, 5.74) is 2.38. The molecule has 2 N–H and O–H groups in total. The smallest absolute Gasteiger partial charge is 0.234 e. The highest BCUT2D eigenvalue weighted by Crippen LogP contribution is 2.38. The van der Waals surface area contributed by atoms with Crippen molar-refractivity contribution in [3.8, 4) is 0 Å². The molecule has 0 atom stereocenters. The van der Waals surface area contributed by atoms with Gasteiger partial charge in [-0.1, -0.05) is 30.3 Å². The summed E-state index contributed by atoms with van der Waals surface area (Å²) < 4.78 is 0. The van der Waals surface area contributed by atoms with Gasteiger partial charge in [-0.3, -0.25) is 14.4 Å². The van der Waals surface area contributed by atoms with Gasteiger partial charge in [0, 0.05) is 29.8 Å². The van der Waals surface area contributed by atoms with Crippen LogP contribution in [0.5, 0.6) is 0 Å². The van der Waals surface area contributed by atoms with Crippen LogP contribution in [0.2, 0.25) is 0 Å². The van der Waals surface area contributed by atoms with Gasteiger partial charge in [0.25, 0.3) is 0 Å². The molecule has 2 aromatic rings. The second-order valence-corrected chi connectivity index (χ2v) is 7.03. The van der Waals surface area contributed by atoms with Gasteiger partial charge >= 0.3 is 0 Å². The topological polar surface area (TPSA) is 75.3 Å². The highest BCUT2D eigenvalue weighted by atomic mass is 16.2. The zero-order chi connectivity index (χ0) is 18.7. The lowest BCUT2D eigenvalue weighted by molar-refractivity contribution is -0.119. The molecule has 0 bridgehead atoms. The molecule has 5 heteroatoms. The first kappa shape index (κ1) is 17.9. The highest BCUT2D eigenvalue weighted by Gasteiger charge is 2.38. The molecule has 26 heavy (non-hydrogen) atoms. The third kappa shape index (κ3) is 3.67. The third-order valence-electron chi connectivity index (χ3n) is 4.70. The van der Waals surface area contributed by atoms with Gasteiger partial charge in [-0.15, -0.1) is 0 Å². The molecular weight excluding hydrogens is 328 g/mol. The summed E-state index contributed by atoms with van der Waals surface area (Å²) in [6.07, 6.45) is 1.11. The number of benzene rings is 2. The molecule has 0 fully saturated rings. The molecule has 1 aliphatic heterocycles. The second-order valence-electron chi connectivity index (χ2n) is 7.03. The number of amides is 2. The minimum Gasteiger partial charge on any atom is -0.326 e. The average molecular weight is 350 g/mol. The first-order chi connectivity index (χ1) is 12.4. The number of anilines is 2. The summed E-state index contributed by atoms with van der Waals surface area (Å²) in [5, 5.41) is 5.69. The molecule has 0 aliphatic carbocycles. The molecule has 5 nitrogen and oxygen atoms in total. The van der Waals surface area contributed by atoms with Gasteiger partial charge in [0.1, 0.15) is 0 Å². The number of nitrogens with one attached hydrogen (secondary N) is 2. The van der Waals surface area contributed by atoms with Crippen LogP contribution in [0.15, 0.2) is 48.5 Å². The van der Waals surface area contributed by atoms with Crippen molar-refractivity contribution >= 4 is 29.0 Å². The van der Waals surface area contributed by atoms with Crippen molar-refractivity contribution in [2.75, 3.05) is 10.6 Å². The van der Waals surface area contributed by atoms with E-state index in [1.54, 1.807) is 24.3 Å². The van der Waals surface area contributed by atoms with E-state index in [1.165, 1.54) is 0 Å². The molecule has 1 aliphatic rings. The van der Waals surface area contributed by atoms with E-state index in [0.717, 1.165) is 11.3 Å². The van der Waals surface area contributed by atoms with E-state index < -0.39 is 5.41 Å². The summed E-state index contributed by atoms with van der Waals surface area (Å²) in [4.78, 5) is 36.2. The normalized spacial score (nSPS) is 14.5. The Labute approximate surface area is 152 Å². The Hall–Kier alpha value is -2.95. The Kier molecular flexibility index (Phi) is 4.89. The van der Waals surface area contributed by atoms with Crippen molar-refractivity contribution in [1.82, 2.24) is 0 Å². The number of ketones is 1. The zero-order valence-corrected chi connectivity index (χ0v) is 15.0. The van der Waals surface area contributed by atoms with Gasteiger partial charge in [-0.2, -0.15) is 0 Å². The Morgan fingerprint density at radius 1 is 1.04 bits per heavy atom. The number of carbonyl (C=O) groups excluding carboxylic acids is 3. The maximum atomic E-state index is 12.2. The summed E-state index contributed by atoms with van der Waals surface area (Å²) in [6, 6.07) is 14.5. The second kappa shape index (κ2) is 7.12. The Morgan fingerprint density at radius 2 is 1.77 bits per heavy atom. The molecule has 0 spiro atoms. The zero-order valence-electron chi connectivity index (χ0n) is 15.0. The predicted molar refractivity (Wildman–Crippen MR) is 101 cm³/mol. The van der Waals surface area contributed by atoms with Crippen molar-refractivity contribution in [2.24, 2.45) is 0 Å². The quantitative estimate of drug-likeness (QED) is 0.776. The van der Waals surface area contributed by atoms with Gasteiger partial charge in [-0.25, -0.2) is 0 Å². The molecule has 3 rings (SSSR count). The van der Waals surface area contributed by atoms with E-state index in [1.807, 2.05) is 38.1 Å². The molecule has 0 aromatic heterocycles. The lowest BCUT2D eigenvalue weighted by Gasteiger charge is -2.16.